The van der Waals surface area contributed by atoms with Crippen LogP contribution in [0.2, 0.25) is 0 Å². The Bertz CT molecular complexity index is 291. The third-order valence-corrected chi connectivity index (χ3v) is 6.05. The highest BCUT2D eigenvalue weighted by Crippen LogP contribution is 2.39. The van der Waals surface area contributed by atoms with Gasteiger partial charge in [-0.1, -0.05) is 26.2 Å². The predicted molar refractivity (Wildman–Crippen MR) is 87.3 cm³/mol. The van der Waals surface area contributed by atoms with Gasteiger partial charge < -0.3 is 15.2 Å². The zero-order valence-electron chi connectivity index (χ0n) is 14.2. The molecule has 0 aromatic rings. The van der Waals surface area contributed by atoms with Crippen molar-refractivity contribution in [1.82, 2.24) is 5.32 Å². The fourth-order valence-corrected chi connectivity index (χ4v) is 4.78. The molecule has 0 radical (unpaired) electrons. The summed E-state index contributed by atoms with van der Waals surface area (Å²) in [6.45, 7) is 3.26. The smallest absolute Gasteiger partial charge is 0.0611 e. The van der Waals surface area contributed by atoms with Crippen LogP contribution in [-0.2, 0) is 4.74 Å². The lowest BCUT2D eigenvalue weighted by Crippen LogP contribution is -2.43. The van der Waals surface area contributed by atoms with Gasteiger partial charge in [-0.05, 0) is 56.9 Å². The maximum Gasteiger partial charge on any atom is 0.0611 e. The molecule has 0 bridgehead atoms. The molecule has 3 unspecified atom stereocenters. The van der Waals surface area contributed by atoms with Crippen LogP contribution in [-0.4, -0.2) is 38.0 Å². The van der Waals surface area contributed by atoms with E-state index in [4.69, 9.17) is 4.74 Å². The van der Waals surface area contributed by atoms with Gasteiger partial charge in [0, 0.05) is 19.6 Å². The SMILES string of the molecule is CNC[C@H](C1CCC(OC)C(C)C1)[C@H](O)C1CCCCC1. The standard InChI is InChI=1S/C18H35NO2/c1-13-11-15(9-10-17(13)21-3)16(12-19-2)18(20)14-7-5-4-6-8-14/h13-20H,4-12H2,1-3H3/t13?,15?,16-,17?,18-/m1/s1. The van der Waals surface area contributed by atoms with Crippen LogP contribution in [0.3, 0.4) is 0 Å². The molecule has 2 rings (SSSR count). The molecule has 2 aliphatic rings. The molecule has 2 fully saturated rings. The van der Waals surface area contributed by atoms with E-state index in [9.17, 15) is 5.11 Å². The molecule has 0 aromatic carbocycles. The quantitative estimate of drug-likeness (QED) is 0.791. The Morgan fingerprint density at radius 3 is 2.38 bits per heavy atom. The van der Waals surface area contributed by atoms with E-state index in [-0.39, 0.29) is 6.10 Å². The molecule has 0 aliphatic heterocycles. The molecule has 2 N–H and O–H groups in total. The summed E-state index contributed by atoms with van der Waals surface area (Å²) >= 11 is 0. The second-order valence-electron chi connectivity index (χ2n) is 7.43. The van der Waals surface area contributed by atoms with E-state index in [1.807, 2.05) is 14.2 Å². The van der Waals surface area contributed by atoms with Gasteiger partial charge in [0.2, 0.25) is 0 Å². The number of methoxy groups -OCH3 is 1. The van der Waals surface area contributed by atoms with Crippen LogP contribution < -0.4 is 5.32 Å². The third-order valence-electron chi connectivity index (χ3n) is 6.05. The molecule has 0 aromatic heterocycles. The van der Waals surface area contributed by atoms with Crippen LogP contribution in [0, 0.1) is 23.7 Å². The van der Waals surface area contributed by atoms with E-state index in [1.54, 1.807) is 0 Å². The monoisotopic (exact) mass is 297 g/mol. The highest BCUT2D eigenvalue weighted by molar-refractivity contribution is 4.89. The average molecular weight is 297 g/mol. The summed E-state index contributed by atoms with van der Waals surface area (Å²) in [6.07, 6.45) is 10.3. The van der Waals surface area contributed by atoms with Crippen LogP contribution in [0.25, 0.3) is 0 Å². The van der Waals surface area contributed by atoms with Crippen molar-refractivity contribution in [3.63, 3.8) is 0 Å². The van der Waals surface area contributed by atoms with Crippen molar-refractivity contribution < 1.29 is 9.84 Å². The van der Waals surface area contributed by atoms with Crippen molar-refractivity contribution in [2.24, 2.45) is 23.7 Å². The van der Waals surface area contributed by atoms with Gasteiger partial charge in [0.05, 0.1) is 12.2 Å². The Labute approximate surface area is 130 Å². The van der Waals surface area contributed by atoms with Crippen molar-refractivity contribution in [3.05, 3.63) is 0 Å². The number of hydrogen-bond donors (Lipinski definition) is 2. The Kier molecular flexibility index (Phi) is 6.97. The summed E-state index contributed by atoms with van der Waals surface area (Å²) < 4.78 is 5.59. The normalized spacial score (nSPS) is 34.6. The van der Waals surface area contributed by atoms with E-state index in [0.29, 0.717) is 29.8 Å². The minimum Gasteiger partial charge on any atom is -0.392 e. The van der Waals surface area contributed by atoms with Crippen molar-refractivity contribution >= 4 is 0 Å². The first-order valence-corrected chi connectivity index (χ1v) is 9.02. The maximum absolute atomic E-state index is 11.0. The largest absolute Gasteiger partial charge is 0.392 e. The van der Waals surface area contributed by atoms with Gasteiger partial charge in [-0.2, -0.15) is 0 Å². The molecule has 0 heterocycles. The first-order valence-electron chi connectivity index (χ1n) is 9.02. The number of nitrogens with one attached hydrogen (secondary N) is 1. The Morgan fingerprint density at radius 2 is 1.81 bits per heavy atom. The zero-order chi connectivity index (χ0) is 15.2. The van der Waals surface area contributed by atoms with E-state index < -0.39 is 0 Å². The maximum atomic E-state index is 11.0. The van der Waals surface area contributed by atoms with E-state index in [1.165, 1.54) is 44.9 Å². The van der Waals surface area contributed by atoms with E-state index in [0.717, 1.165) is 13.0 Å². The van der Waals surface area contributed by atoms with Gasteiger partial charge in [-0.3, -0.25) is 0 Å². The molecule has 0 saturated heterocycles. The van der Waals surface area contributed by atoms with Gasteiger partial charge in [-0.25, -0.2) is 0 Å². The van der Waals surface area contributed by atoms with Crippen LogP contribution in [0.4, 0.5) is 0 Å². The third kappa shape index (κ3) is 4.43. The fourth-order valence-electron chi connectivity index (χ4n) is 4.78. The molecule has 2 saturated carbocycles. The molecule has 3 heteroatoms. The van der Waals surface area contributed by atoms with Gasteiger partial charge in [0.1, 0.15) is 0 Å². The lowest BCUT2D eigenvalue weighted by atomic mass is 9.69. The second-order valence-corrected chi connectivity index (χ2v) is 7.43. The number of hydrogen-bond acceptors (Lipinski definition) is 3. The average Bonchev–Trinajstić information content (AvgIpc) is 2.52. The Balaban J connectivity index is 1.97. The van der Waals surface area contributed by atoms with E-state index in [2.05, 4.69) is 12.2 Å². The van der Waals surface area contributed by atoms with Crippen LogP contribution >= 0.6 is 0 Å². The van der Waals surface area contributed by atoms with E-state index >= 15 is 0 Å². The molecule has 0 amide bonds. The molecule has 0 spiro atoms. The van der Waals surface area contributed by atoms with Crippen molar-refractivity contribution in [1.29, 1.82) is 0 Å². The number of aliphatic hydroxyl groups excluding tert-OH is 1. The molecule has 3 nitrogen and oxygen atoms in total. The lowest BCUT2D eigenvalue weighted by Gasteiger charge is -2.41. The molecule has 5 atom stereocenters. The van der Waals surface area contributed by atoms with Crippen molar-refractivity contribution in [2.75, 3.05) is 20.7 Å². The first-order chi connectivity index (χ1) is 10.2. The summed E-state index contributed by atoms with van der Waals surface area (Å²) in [5.41, 5.74) is 0. The van der Waals surface area contributed by atoms with Crippen LogP contribution in [0.1, 0.15) is 58.3 Å². The second kappa shape index (κ2) is 8.50. The molecular weight excluding hydrogens is 262 g/mol. The summed E-state index contributed by atoms with van der Waals surface area (Å²) in [4.78, 5) is 0. The highest BCUT2D eigenvalue weighted by Gasteiger charge is 2.37. The molecular formula is C18H35NO2. The minimum absolute atomic E-state index is 0.117. The Morgan fingerprint density at radius 1 is 1.10 bits per heavy atom. The number of ether oxygens (including phenoxy) is 1. The fraction of sp³-hybridized carbons (Fsp3) is 1.00. The summed E-state index contributed by atoms with van der Waals surface area (Å²) in [5.74, 6) is 2.22. The Hall–Kier alpha value is -0.120. The molecule has 21 heavy (non-hydrogen) atoms. The van der Waals surface area contributed by atoms with Crippen LogP contribution in [0.15, 0.2) is 0 Å². The number of rotatable bonds is 6. The van der Waals surface area contributed by atoms with Gasteiger partial charge in [0.25, 0.3) is 0 Å². The number of aliphatic hydroxyl groups is 1. The van der Waals surface area contributed by atoms with Gasteiger partial charge in [0.15, 0.2) is 0 Å². The van der Waals surface area contributed by atoms with Crippen molar-refractivity contribution in [3.8, 4) is 0 Å². The van der Waals surface area contributed by atoms with Crippen molar-refractivity contribution in [2.45, 2.75) is 70.5 Å². The zero-order valence-corrected chi connectivity index (χ0v) is 14.2. The predicted octanol–water partition coefficient (Wildman–Crippen LogP) is 3.21. The summed E-state index contributed by atoms with van der Waals surface area (Å²) in [6, 6.07) is 0. The highest BCUT2D eigenvalue weighted by atomic mass is 16.5. The van der Waals surface area contributed by atoms with Gasteiger partial charge >= 0.3 is 0 Å². The first kappa shape index (κ1) is 17.2. The molecule has 2 aliphatic carbocycles. The molecule has 124 valence electrons. The topological polar surface area (TPSA) is 41.5 Å². The summed E-state index contributed by atoms with van der Waals surface area (Å²) in [5, 5.41) is 14.3. The summed E-state index contributed by atoms with van der Waals surface area (Å²) in [7, 11) is 3.86. The van der Waals surface area contributed by atoms with Gasteiger partial charge in [-0.15, -0.1) is 0 Å². The minimum atomic E-state index is -0.117. The lowest BCUT2D eigenvalue weighted by molar-refractivity contribution is -0.0348. The van der Waals surface area contributed by atoms with Crippen LogP contribution in [0.5, 0.6) is 0 Å².